The predicted octanol–water partition coefficient (Wildman–Crippen LogP) is -6.19. The Balaban J connectivity index is 0.00000484. The molecule has 228 valence electrons. The Morgan fingerprint density at radius 2 is 1.59 bits per heavy atom. The number of hydrogen-bond acceptors (Lipinski definition) is 20. The summed E-state index contributed by atoms with van der Waals surface area (Å²) in [6.45, 7) is 2.13. The third kappa shape index (κ3) is 16.5. The fraction of sp³-hybridized carbons (Fsp3) is 0.381. The van der Waals surface area contributed by atoms with Crippen molar-refractivity contribution in [2.24, 2.45) is 4.99 Å². The van der Waals surface area contributed by atoms with Crippen LogP contribution in [0.1, 0.15) is 5.82 Å². The van der Waals surface area contributed by atoms with E-state index in [0.717, 1.165) is 12.0 Å². The molecule has 0 aliphatic rings. The average Bonchev–Trinajstić information content (AvgIpc) is 2.92. The van der Waals surface area contributed by atoms with Crippen molar-refractivity contribution in [3.05, 3.63) is 30.1 Å². The fourth-order valence-corrected chi connectivity index (χ4v) is 3.57. The molecule has 0 saturated carbocycles. The summed E-state index contributed by atoms with van der Waals surface area (Å²) in [5.41, 5.74) is 1.17. The van der Waals surface area contributed by atoms with Crippen molar-refractivity contribution in [2.75, 3.05) is 65.7 Å². The van der Waals surface area contributed by atoms with Crippen LogP contribution in [0.3, 0.4) is 0 Å². The number of benzene rings is 1. The molecule has 2 aromatic heterocycles. The van der Waals surface area contributed by atoms with E-state index in [1.54, 1.807) is 31.2 Å². The molecule has 0 saturated heterocycles. The van der Waals surface area contributed by atoms with Crippen LogP contribution in [0.5, 0.6) is 0 Å². The molecule has 23 heteroatoms. The second-order valence-corrected chi connectivity index (χ2v) is 10.1. The molecule has 3 rings (SSSR count). The topological polar surface area (TPSA) is 266 Å². The smallest absolute Gasteiger partial charge is 0.748 e. The standard InChI is InChI=1S/C21H29N11O8S2.2Na/c1-14-25-17(23-6-11-41-40-39-34)30-20(26-14)27-15-3-2-4-16(13-15)28-21-31-18(22-5-9-38-10-8-33)29-19(32-21)24-7-12-42(35,36)37;;/h2-4,6,13,33-34H,5,7-12H2,1H3,(H,35,36,37)(H,25,26,27,30)(H3,22,24,28,29,31,32);;/q;2*+1/p-2/b23-6+;;. The van der Waals surface area contributed by atoms with Crippen LogP contribution in [-0.2, 0) is 24.2 Å². The third-order valence-electron chi connectivity index (χ3n) is 4.57. The van der Waals surface area contributed by atoms with Crippen molar-refractivity contribution in [3.63, 3.8) is 0 Å². The van der Waals surface area contributed by atoms with Crippen molar-refractivity contribution < 1.29 is 96.6 Å². The van der Waals surface area contributed by atoms with Gasteiger partial charge in [0.1, 0.15) is 5.82 Å². The van der Waals surface area contributed by atoms with Crippen LogP contribution in [0.2, 0.25) is 0 Å². The molecule has 0 radical (unpaired) electrons. The zero-order chi connectivity index (χ0) is 30.2. The van der Waals surface area contributed by atoms with Gasteiger partial charge in [-0.2, -0.15) is 34.2 Å². The van der Waals surface area contributed by atoms with E-state index in [4.69, 9.17) is 9.84 Å². The summed E-state index contributed by atoms with van der Waals surface area (Å²) >= 11 is 0.748. The van der Waals surface area contributed by atoms with Crippen LogP contribution in [0.15, 0.2) is 29.3 Å². The molecular weight excluding hydrogens is 644 g/mol. The monoisotopic (exact) mass is 671 g/mol. The molecule has 19 nitrogen and oxygen atoms in total. The van der Waals surface area contributed by atoms with E-state index in [1.165, 1.54) is 6.21 Å². The van der Waals surface area contributed by atoms with E-state index in [9.17, 15) is 18.2 Å². The van der Waals surface area contributed by atoms with Gasteiger partial charge in [-0.1, -0.05) is 6.07 Å². The molecule has 0 fully saturated rings. The Morgan fingerprint density at radius 1 is 0.955 bits per heavy atom. The Bertz CT molecular complexity index is 1430. The van der Waals surface area contributed by atoms with E-state index in [0.29, 0.717) is 23.7 Å². The van der Waals surface area contributed by atoms with Gasteiger partial charge in [0.15, 0.2) is 0 Å². The third-order valence-corrected chi connectivity index (χ3v) is 5.71. The van der Waals surface area contributed by atoms with Gasteiger partial charge in [-0.3, -0.25) is 5.04 Å². The number of ether oxygens (including phenoxy) is 1. The largest absolute Gasteiger partial charge is 1.00 e. The van der Waals surface area contributed by atoms with Gasteiger partial charge >= 0.3 is 59.1 Å². The summed E-state index contributed by atoms with van der Waals surface area (Å²) in [6.07, 6.45) is 1.44. The van der Waals surface area contributed by atoms with Gasteiger partial charge in [-0.25, -0.2) is 13.4 Å². The number of aliphatic imine (C=N–C) groups is 1. The van der Waals surface area contributed by atoms with Gasteiger partial charge in [0.2, 0.25) is 23.8 Å². The van der Waals surface area contributed by atoms with Crippen molar-refractivity contribution >= 4 is 69.5 Å². The van der Waals surface area contributed by atoms with Gasteiger partial charge < -0.3 is 40.9 Å². The number of aliphatic hydroxyl groups is 1. The Labute approximate surface area is 301 Å². The molecule has 2 heterocycles. The predicted molar refractivity (Wildman–Crippen MR) is 150 cm³/mol. The van der Waals surface area contributed by atoms with Crippen LogP contribution in [-0.4, -0.2) is 98.6 Å². The summed E-state index contributed by atoms with van der Waals surface area (Å²) in [6, 6.07) is 7.01. The molecular formula is C21H27N11Na2O8S2. The normalized spacial score (nSPS) is 11.0. The molecule has 0 amide bonds. The maximum absolute atomic E-state index is 11.0. The number of aliphatic hydroxyl groups excluding tert-OH is 1. The van der Waals surface area contributed by atoms with Crippen molar-refractivity contribution in [1.82, 2.24) is 29.9 Å². The summed E-state index contributed by atoms with van der Waals surface area (Å²) in [7, 11) is -4.43. The van der Waals surface area contributed by atoms with Crippen molar-refractivity contribution in [1.29, 1.82) is 0 Å². The number of rotatable bonds is 19. The van der Waals surface area contributed by atoms with E-state index in [2.05, 4.69) is 65.5 Å². The second kappa shape index (κ2) is 21.8. The van der Waals surface area contributed by atoms with Gasteiger partial charge in [0, 0.05) is 42.7 Å². The summed E-state index contributed by atoms with van der Waals surface area (Å²) in [5.74, 6) is 0.658. The number of anilines is 6. The van der Waals surface area contributed by atoms with Gasteiger partial charge in [0.05, 0.1) is 41.4 Å². The summed E-state index contributed by atoms with van der Waals surface area (Å²) < 4.78 is 42.2. The zero-order valence-electron chi connectivity index (χ0n) is 24.1. The molecule has 0 atom stereocenters. The average molecular weight is 672 g/mol. The van der Waals surface area contributed by atoms with E-state index in [-0.39, 0.29) is 121 Å². The SMILES string of the molecule is Cc1nc(/N=C/CSOO[O-])nc(Nc2cccc(Nc3nc(NCCOCCO)nc(NCCS(=O)(=O)[O-])n3)c2)n1.[Na+].[Na+]. The molecule has 3 aromatic rings. The molecule has 0 spiro atoms. The Kier molecular flexibility index (Phi) is 19.9. The Hall–Kier alpha value is -1.83. The van der Waals surface area contributed by atoms with Crippen LogP contribution in [0.25, 0.3) is 0 Å². The van der Waals surface area contributed by atoms with E-state index < -0.39 is 15.9 Å². The second-order valence-electron chi connectivity index (χ2n) is 7.83. The number of nitrogens with one attached hydrogen (secondary N) is 4. The fourth-order valence-electron chi connectivity index (χ4n) is 2.99. The number of aromatic nitrogens is 6. The number of aryl methyl sites for hydroxylation is 1. The zero-order valence-corrected chi connectivity index (χ0v) is 29.7. The quantitative estimate of drug-likeness (QED) is 0.0151. The first-order valence-corrected chi connectivity index (χ1v) is 14.6. The number of hydrogen-bond donors (Lipinski definition) is 5. The number of nitrogens with zero attached hydrogens (tertiary/aromatic N) is 7. The minimum Gasteiger partial charge on any atom is -0.748 e. The van der Waals surface area contributed by atoms with E-state index in [1.807, 2.05) is 0 Å². The first-order valence-electron chi connectivity index (χ1n) is 12.1. The van der Waals surface area contributed by atoms with Crippen LogP contribution < -0.4 is 85.6 Å². The minimum atomic E-state index is -4.43. The van der Waals surface area contributed by atoms with Crippen LogP contribution >= 0.6 is 12.0 Å². The maximum atomic E-state index is 11.0. The molecule has 0 aliphatic heterocycles. The first-order chi connectivity index (χ1) is 20.2. The van der Waals surface area contributed by atoms with Crippen LogP contribution in [0, 0.1) is 6.92 Å². The van der Waals surface area contributed by atoms with Crippen LogP contribution in [0.4, 0.5) is 41.1 Å². The van der Waals surface area contributed by atoms with Crippen molar-refractivity contribution in [2.45, 2.75) is 6.92 Å². The molecule has 5 N–H and O–H groups in total. The molecule has 0 aliphatic carbocycles. The first kappa shape index (κ1) is 40.2. The molecule has 1 aromatic carbocycles. The van der Waals surface area contributed by atoms with Gasteiger partial charge in [-0.15, -0.1) is 0 Å². The Morgan fingerprint density at radius 3 is 2.23 bits per heavy atom. The molecule has 0 bridgehead atoms. The summed E-state index contributed by atoms with van der Waals surface area (Å²) in [5, 5.41) is 33.7. The minimum absolute atomic E-state index is 0. The molecule has 0 unspecified atom stereocenters. The van der Waals surface area contributed by atoms with Crippen molar-refractivity contribution in [3.8, 4) is 0 Å². The van der Waals surface area contributed by atoms with Gasteiger partial charge in [-0.05, 0) is 25.1 Å². The summed E-state index contributed by atoms with van der Waals surface area (Å²) in [4.78, 5) is 29.5. The van der Waals surface area contributed by atoms with E-state index >= 15 is 0 Å². The maximum Gasteiger partial charge on any atom is 1.00 e. The molecule has 44 heavy (non-hydrogen) atoms. The van der Waals surface area contributed by atoms with Gasteiger partial charge in [0.25, 0.3) is 5.95 Å².